The monoisotopic (exact) mass is 338 g/mol. The van der Waals surface area contributed by atoms with Crippen LogP contribution < -0.4 is 0 Å². The molecule has 24 heavy (non-hydrogen) atoms. The van der Waals surface area contributed by atoms with Crippen molar-refractivity contribution >= 4 is 22.8 Å². The van der Waals surface area contributed by atoms with Crippen molar-refractivity contribution in [2.75, 3.05) is 13.1 Å². The number of amides is 1. The first-order chi connectivity index (χ1) is 11.5. The van der Waals surface area contributed by atoms with Crippen molar-refractivity contribution in [1.82, 2.24) is 4.90 Å². The molecule has 0 N–H and O–H groups in total. The number of aliphatic imine (C=N–C) groups is 1. The van der Waals surface area contributed by atoms with Gasteiger partial charge in [0.1, 0.15) is 0 Å². The minimum Gasteiger partial charge on any atom is -0.286 e. The van der Waals surface area contributed by atoms with E-state index in [0.29, 0.717) is 13.1 Å². The van der Waals surface area contributed by atoms with Crippen molar-refractivity contribution in [1.29, 1.82) is 0 Å². The lowest BCUT2D eigenvalue weighted by molar-refractivity contribution is 0.0860. The second-order valence-corrected chi connectivity index (χ2v) is 7.15. The molecule has 0 spiro atoms. The van der Waals surface area contributed by atoms with E-state index < -0.39 is 0 Å². The van der Waals surface area contributed by atoms with E-state index in [4.69, 9.17) is 0 Å². The third-order valence-electron chi connectivity index (χ3n) is 4.21. The standard InChI is InChI=1S/C20H22N2OS/c1-14-5-8-17(9-6-14)19(23)22-11-10-21-20(22)24-13-18-12-15(2)4-7-16(18)3/h4-9,12H,10-11,13H2,1-3H3. The topological polar surface area (TPSA) is 32.7 Å². The van der Waals surface area contributed by atoms with Crippen molar-refractivity contribution in [2.24, 2.45) is 4.99 Å². The van der Waals surface area contributed by atoms with Crippen molar-refractivity contribution in [3.8, 4) is 0 Å². The quantitative estimate of drug-likeness (QED) is 0.833. The highest BCUT2D eigenvalue weighted by molar-refractivity contribution is 8.13. The highest BCUT2D eigenvalue weighted by Crippen LogP contribution is 2.23. The Morgan fingerprint density at radius 3 is 2.54 bits per heavy atom. The van der Waals surface area contributed by atoms with E-state index in [2.05, 4.69) is 37.0 Å². The molecule has 0 atom stereocenters. The lowest BCUT2D eigenvalue weighted by Crippen LogP contribution is -2.32. The van der Waals surface area contributed by atoms with Crippen LogP contribution in [0.5, 0.6) is 0 Å². The molecule has 124 valence electrons. The fourth-order valence-corrected chi connectivity index (χ4v) is 3.80. The molecule has 3 nitrogen and oxygen atoms in total. The van der Waals surface area contributed by atoms with Crippen LogP contribution in [0.3, 0.4) is 0 Å². The zero-order chi connectivity index (χ0) is 17.1. The van der Waals surface area contributed by atoms with E-state index in [1.54, 1.807) is 16.7 Å². The summed E-state index contributed by atoms with van der Waals surface area (Å²) >= 11 is 1.65. The fraction of sp³-hybridized carbons (Fsp3) is 0.300. The predicted octanol–water partition coefficient (Wildman–Crippen LogP) is 4.36. The molecule has 0 aromatic heterocycles. The fourth-order valence-electron chi connectivity index (χ4n) is 2.69. The molecule has 4 heteroatoms. The number of benzene rings is 2. The Hall–Kier alpha value is -2.07. The van der Waals surface area contributed by atoms with Gasteiger partial charge in [0.25, 0.3) is 5.91 Å². The average molecular weight is 338 g/mol. The number of hydrogen-bond acceptors (Lipinski definition) is 3. The maximum atomic E-state index is 12.7. The summed E-state index contributed by atoms with van der Waals surface area (Å²) in [6, 6.07) is 14.2. The maximum Gasteiger partial charge on any atom is 0.259 e. The molecule has 1 aliphatic heterocycles. The van der Waals surface area contributed by atoms with Crippen LogP contribution in [0, 0.1) is 20.8 Å². The third kappa shape index (κ3) is 3.70. The van der Waals surface area contributed by atoms with E-state index in [0.717, 1.165) is 22.0 Å². The Bertz CT molecular complexity index is 781. The molecule has 1 heterocycles. The molecule has 1 amide bonds. The van der Waals surface area contributed by atoms with Gasteiger partial charge in [-0.2, -0.15) is 0 Å². The van der Waals surface area contributed by atoms with Crippen LogP contribution in [0.15, 0.2) is 47.5 Å². The molecule has 0 unspecified atom stereocenters. The molecule has 0 fully saturated rings. The molecular weight excluding hydrogens is 316 g/mol. The van der Waals surface area contributed by atoms with Crippen molar-refractivity contribution < 1.29 is 4.79 Å². The zero-order valence-corrected chi connectivity index (χ0v) is 15.2. The van der Waals surface area contributed by atoms with Crippen LogP contribution in [-0.2, 0) is 5.75 Å². The van der Waals surface area contributed by atoms with Crippen LogP contribution in [0.25, 0.3) is 0 Å². The molecule has 2 aromatic rings. The van der Waals surface area contributed by atoms with Gasteiger partial charge in [0.15, 0.2) is 5.17 Å². The number of amidine groups is 1. The van der Waals surface area contributed by atoms with Crippen LogP contribution >= 0.6 is 11.8 Å². The molecule has 0 saturated carbocycles. The normalized spacial score (nSPS) is 14.0. The highest BCUT2D eigenvalue weighted by atomic mass is 32.2. The molecule has 1 aliphatic rings. The van der Waals surface area contributed by atoms with Crippen LogP contribution in [0.1, 0.15) is 32.6 Å². The molecule has 0 saturated heterocycles. The smallest absolute Gasteiger partial charge is 0.259 e. The van der Waals surface area contributed by atoms with Gasteiger partial charge < -0.3 is 0 Å². The van der Waals surface area contributed by atoms with Crippen molar-refractivity contribution in [3.63, 3.8) is 0 Å². The second kappa shape index (κ2) is 7.22. The molecule has 0 bridgehead atoms. The Kier molecular flexibility index (Phi) is 5.05. The number of carbonyl (C=O) groups excluding carboxylic acids is 1. The molecule has 0 radical (unpaired) electrons. The van der Waals surface area contributed by atoms with Gasteiger partial charge in [-0.05, 0) is 44.0 Å². The van der Waals surface area contributed by atoms with Crippen molar-refractivity contribution in [3.05, 3.63) is 70.3 Å². The van der Waals surface area contributed by atoms with Gasteiger partial charge in [-0.1, -0.05) is 53.2 Å². The first kappa shape index (κ1) is 16.8. The molecule has 3 rings (SSSR count). The summed E-state index contributed by atoms with van der Waals surface area (Å²) in [4.78, 5) is 19.1. The van der Waals surface area contributed by atoms with Crippen LogP contribution in [0.4, 0.5) is 0 Å². The Labute approximate surface area is 147 Å². The highest BCUT2D eigenvalue weighted by Gasteiger charge is 2.25. The zero-order valence-electron chi connectivity index (χ0n) is 14.4. The summed E-state index contributed by atoms with van der Waals surface area (Å²) in [7, 11) is 0. The maximum absolute atomic E-state index is 12.7. The molecule has 2 aromatic carbocycles. The lowest BCUT2D eigenvalue weighted by atomic mass is 10.1. The van der Waals surface area contributed by atoms with E-state index >= 15 is 0 Å². The van der Waals surface area contributed by atoms with Gasteiger partial charge in [-0.15, -0.1) is 0 Å². The van der Waals surface area contributed by atoms with E-state index in [1.165, 1.54) is 16.7 Å². The summed E-state index contributed by atoms with van der Waals surface area (Å²) in [5.74, 6) is 0.879. The van der Waals surface area contributed by atoms with Gasteiger partial charge >= 0.3 is 0 Å². The van der Waals surface area contributed by atoms with Gasteiger partial charge in [0.2, 0.25) is 0 Å². The number of thioether (sulfide) groups is 1. The SMILES string of the molecule is Cc1ccc(C(=O)N2CCN=C2SCc2cc(C)ccc2C)cc1. The second-order valence-electron chi connectivity index (χ2n) is 6.21. The van der Waals surface area contributed by atoms with Crippen LogP contribution in [0.2, 0.25) is 0 Å². The number of rotatable bonds is 3. The van der Waals surface area contributed by atoms with Gasteiger partial charge in [-0.25, -0.2) is 0 Å². The average Bonchev–Trinajstić information content (AvgIpc) is 3.04. The Balaban J connectivity index is 1.70. The minimum absolute atomic E-state index is 0.0414. The van der Waals surface area contributed by atoms with Gasteiger partial charge in [0, 0.05) is 17.9 Å². The van der Waals surface area contributed by atoms with E-state index in [1.807, 2.05) is 31.2 Å². The summed E-state index contributed by atoms with van der Waals surface area (Å²) < 4.78 is 0. The summed E-state index contributed by atoms with van der Waals surface area (Å²) in [5, 5.41) is 0.835. The number of hydrogen-bond donors (Lipinski definition) is 0. The number of aryl methyl sites for hydroxylation is 3. The molecule has 0 aliphatic carbocycles. The van der Waals surface area contributed by atoms with E-state index in [-0.39, 0.29) is 5.91 Å². The number of nitrogens with zero attached hydrogens (tertiary/aromatic N) is 2. The van der Waals surface area contributed by atoms with Gasteiger partial charge in [0.05, 0.1) is 6.54 Å². The summed E-state index contributed by atoms with van der Waals surface area (Å²) in [5.41, 5.74) is 5.73. The third-order valence-corrected chi connectivity index (χ3v) is 5.27. The first-order valence-electron chi connectivity index (χ1n) is 8.16. The minimum atomic E-state index is 0.0414. The van der Waals surface area contributed by atoms with Crippen molar-refractivity contribution in [2.45, 2.75) is 26.5 Å². The lowest BCUT2D eigenvalue weighted by Gasteiger charge is -2.18. The summed E-state index contributed by atoms with van der Waals surface area (Å²) in [6.45, 7) is 7.61. The molecular formula is C20H22N2OS. The number of carbonyl (C=O) groups is 1. The summed E-state index contributed by atoms with van der Waals surface area (Å²) in [6.07, 6.45) is 0. The Morgan fingerprint density at radius 2 is 1.79 bits per heavy atom. The largest absolute Gasteiger partial charge is 0.286 e. The first-order valence-corrected chi connectivity index (χ1v) is 9.15. The van der Waals surface area contributed by atoms with E-state index in [9.17, 15) is 4.79 Å². The van der Waals surface area contributed by atoms with Crippen LogP contribution in [-0.4, -0.2) is 29.1 Å². The Morgan fingerprint density at radius 1 is 1.08 bits per heavy atom. The predicted molar refractivity (Wildman–Crippen MR) is 102 cm³/mol. The van der Waals surface area contributed by atoms with Gasteiger partial charge in [-0.3, -0.25) is 14.7 Å².